The summed E-state index contributed by atoms with van der Waals surface area (Å²) in [5.41, 5.74) is 0.996. The molecule has 0 unspecified atom stereocenters. The summed E-state index contributed by atoms with van der Waals surface area (Å²) in [6.45, 7) is 2.47. The fourth-order valence-corrected chi connectivity index (χ4v) is 3.49. The number of hydrogen-bond acceptors (Lipinski definition) is 4. The molecule has 0 aliphatic carbocycles. The molecule has 1 amide bonds. The highest BCUT2D eigenvalue weighted by molar-refractivity contribution is 9.11. The lowest BCUT2D eigenvalue weighted by Crippen LogP contribution is -2.45. The molecule has 2 rings (SSSR count). The molecule has 7 heteroatoms. The number of carbonyl (C=O) groups excluding carboxylic acids is 1. The highest BCUT2D eigenvalue weighted by atomic mass is 79.9. The first-order valence-corrected chi connectivity index (χ1v) is 8.48. The number of ether oxygens (including phenoxy) is 1. The summed E-state index contributed by atoms with van der Waals surface area (Å²) in [4.78, 5) is 18.0. The van der Waals surface area contributed by atoms with E-state index < -0.39 is 0 Å². The number of carbonyl (C=O) groups is 1. The molecule has 1 aromatic rings. The number of nitrogens with zero attached hydrogens (tertiary/aromatic N) is 2. The minimum absolute atomic E-state index is 0.0771. The van der Waals surface area contributed by atoms with Crippen molar-refractivity contribution >= 4 is 37.8 Å². The van der Waals surface area contributed by atoms with Crippen molar-refractivity contribution in [2.75, 3.05) is 26.8 Å². The lowest BCUT2D eigenvalue weighted by Gasteiger charge is -2.32. The fraction of sp³-hybridized carbons (Fsp3) is 0.571. The van der Waals surface area contributed by atoms with Crippen LogP contribution in [0, 0.1) is 0 Å². The molecule has 0 bridgehead atoms. The molecule has 1 aliphatic heterocycles. The Morgan fingerprint density at radius 1 is 1.48 bits per heavy atom. The van der Waals surface area contributed by atoms with Gasteiger partial charge >= 0.3 is 0 Å². The van der Waals surface area contributed by atoms with Gasteiger partial charge in [0.1, 0.15) is 6.61 Å². The molecule has 116 valence electrons. The van der Waals surface area contributed by atoms with Crippen LogP contribution in [-0.4, -0.2) is 48.6 Å². The highest BCUT2D eigenvalue weighted by Gasteiger charge is 2.22. The summed E-state index contributed by atoms with van der Waals surface area (Å²) in [5.74, 6) is 0.0771. The number of rotatable bonds is 5. The predicted octanol–water partition coefficient (Wildman–Crippen LogP) is 2.33. The molecule has 1 aromatic heterocycles. The van der Waals surface area contributed by atoms with Crippen LogP contribution in [-0.2, 0) is 16.1 Å². The zero-order valence-corrected chi connectivity index (χ0v) is 15.1. The van der Waals surface area contributed by atoms with E-state index >= 15 is 0 Å². The van der Waals surface area contributed by atoms with Crippen molar-refractivity contribution in [1.29, 1.82) is 0 Å². The van der Waals surface area contributed by atoms with Crippen LogP contribution in [0.5, 0.6) is 0 Å². The molecular formula is C14H19Br2N3O2. The molecule has 0 radical (unpaired) electrons. The zero-order valence-electron chi connectivity index (χ0n) is 11.9. The Labute approximate surface area is 141 Å². The molecule has 0 saturated carbocycles. The number of hydrogen-bond donors (Lipinski definition) is 1. The third-order valence-corrected chi connectivity index (χ3v) is 4.68. The molecular weight excluding hydrogens is 402 g/mol. The van der Waals surface area contributed by atoms with Gasteiger partial charge in [-0.2, -0.15) is 0 Å². The van der Waals surface area contributed by atoms with Crippen molar-refractivity contribution in [2.45, 2.75) is 25.4 Å². The smallest absolute Gasteiger partial charge is 0.248 e. The lowest BCUT2D eigenvalue weighted by molar-refractivity contribution is -0.136. The maximum atomic E-state index is 11.7. The monoisotopic (exact) mass is 419 g/mol. The second-order valence-electron chi connectivity index (χ2n) is 5.05. The molecule has 0 aromatic carbocycles. The van der Waals surface area contributed by atoms with Crippen molar-refractivity contribution in [3.63, 3.8) is 0 Å². The second-order valence-corrected chi connectivity index (χ2v) is 6.82. The normalized spacial score (nSPS) is 16.2. The van der Waals surface area contributed by atoms with Gasteiger partial charge in [-0.15, -0.1) is 0 Å². The van der Waals surface area contributed by atoms with Crippen LogP contribution < -0.4 is 5.32 Å². The number of methoxy groups -OCH3 is 1. The van der Waals surface area contributed by atoms with Crippen molar-refractivity contribution < 1.29 is 9.53 Å². The first-order chi connectivity index (χ1) is 10.1. The minimum Gasteiger partial charge on any atom is -0.375 e. The number of likely N-dealkylation sites (tertiary alicyclic amines) is 1. The van der Waals surface area contributed by atoms with Gasteiger partial charge in [-0.05, 0) is 50.8 Å². The quantitative estimate of drug-likeness (QED) is 0.794. The Morgan fingerprint density at radius 3 is 2.81 bits per heavy atom. The van der Waals surface area contributed by atoms with Gasteiger partial charge in [0.05, 0.1) is 5.69 Å². The van der Waals surface area contributed by atoms with Crippen LogP contribution in [0.3, 0.4) is 0 Å². The molecule has 0 atom stereocenters. The van der Waals surface area contributed by atoms with Gasteiger partial charge in [0, 0.05) is 47.9 Å². The zero-order chi connectivity index (χ0) is 15.2. The summed E-state index contributed by atoms with van der Waals surface area (Å²) in [7, 11) is 1.55. The second kappa shape index (κ2) is 8.22. The van der Waals surface area contributed by atoms with Crippen LogP contribution in [0.25, 0.3) is 0 Å². The Balaban J connectivity index is 1.77. The molecule has 1 fully saturated rings. The van der Waals surface area contributed by atoms with Gasteiger partial charge in [-0.25, -0.2) is 0 Å². The van der Waals surface area contributed by atoms with Gasteiger partial charge < -0.3 is 15.0 Å². The van der Waals surface area contributed by atoms with E-state index in [9.17, 15) is 4.79 Å². The standard InChI is InChI=1S/C14H19Br2N3O2/c1-21-9-14(20)19-4-2-11(3-5-19)17-8-13-12(16)6-10(15)7-18-13/h6-7,11,17H,2-5,8-9H2,1H3. The summed E-state index contributed by atoms with van der Waals surface area (Å²) in [5, 5.41) is 3.51. The van der Waals surface area contributed by atoms with Crippen LogP contribution in [0.15, 0.2) is 21.2 Å². The van der Waals surface area contributed by atoms with Crippen LogP contribution >= 0.6 is 31.9 Å². The number of piperidine rings is 1. The van der Waals surface area contributed by atoms with Gasteiger partial charge in [0.15, 0.2) is 0 Å². The molecule has 2 heterocycles. The fourth-order valence-electron chi connectivity index (χ4n) is 2.36. The van der Waals surface area contributed by atoms with Gasteiger partial charge in [-0.1, -0.05) is 0 Å². The van der Waals surface area contributed by atoms with Crippen molar-refractivity contribution in [3.05, 3.63) is 26.9 Å². The number of aromatic nitrogens is 1. The predicted molar refractivity (Wildman–Crippen MR) is 88.0 cm³/mol. The summed E-state index contributed by atoms with van der Waals surface area (Å²) in [6, 6.07) is 2.42. The van der Waals surface area contributed by atoms with Crippen molar-refractivity contribution in [2.24, 2.45) is 0 Å². The number of nitrogens with one attached hydrogen (secondary N) is 1. The minimum atomic E-state index is 0.0771. The molecule has 5 nitrogen and oxygen atoms in total. The van der Waals surface area contributed by atoms with E-state index in [0.717, 1.165) is 47.1 Å². The Kier molecular flexibility index (Phi) is 6.60. The number of pyridine rings is 1. The van der Waals surface area contributed by atoms with Gasteiger partial charge in [0.25, 0.3) is 0 Å². The number of amides is 1. The van der Waals surface area contributed by atoms with E-state index in [4.69, 9.17) is 4.74 Å². The first kappa shape index (κ1) is 16.9. The average Bonchev–Trinajstić information content (AvgIpc) is 2.47. The Morgan fingerprint density at radius 2 is 2.19 bits per heavy atom. The highest BCUT2D eigenvalue weighted by Crippen LogP contribution is 2.20. The van der Waals surface area contributed by atoms with E-state index in [2.05, 4.69) is 42.2 Å². The molecule has 1 aliphatic rings. The molecule has 1 N–H and O–H groups in total. The van der Waals surface area contributed by atoms with E-state index in [0.29, 0.717) is 6.04 Å². The third kappa shape index (κ3) is 5.02. The average molecular weight is 421 g/mol. The molecule has 21 heavy (non-hydrogen) atoms. The topological polar surface area (TPSA) is 54.5 Å². The maximum absolute atomic E-state index is 11.7. The van der Waals surface area contributed by atoms with Crippen molar-refractivity contribution in [3.8, 4) is 0 Å². The van der Waals surface area contributed by atoms with Gasteiger partial charge in [0.2, 0.25) is 5.91 Å². The maximum Gasteiger partial charge on any atom is 0.248 e. The summed E-state index contributed by atoms with van der Waals surface area (Å²) < 4.78 is 6.85. The van der Waals surface area contributed by atoms with E-state index in [1.54, 1.807) is 13.3 Å². The van der Waals surface area contributed by atoms with E-state index in [1.165, 1.54) is 0 Å². The number of halogens is 2. The van der Waals surface area contributed by atoms with Crippen molar-refractivity contribution in [1.82, 2.24) is 15.2 Å². The Hall–Kier alpha value is -0.500. The first-order valence-electron chi connectivity index (χ1n) is 6.90. The van der Waals surface area contributed by atoms with Gasteiger partial charge in [-0.3, -0.25) is 9.78 Å². The summed E-state index contributed by atoms with van der Waals surface area (Å²) >= 11 is 6.91. The third-order valence-electron chi connectivity index (χ3n) is 3.56. The van der Waals surface area contributed by atoms with E-state index in [1.807, 2.05) is 11.0 Å². The Bertz CT molecular complexity index is 491. The lowest BCUT2D eigenvalue weighted by atomic mass is 10.0. The SMILES string of the molecule is COCC(=O)N1CCC(NCc2ncc(Br)cc2Br)CC1. The largest absolute Gasteiger partial charge is 0.375 e. The molecule has 1 saturated heterocycles. The summed E-state index contributed by atoms with van der Waals surface area (Å²) in [6.07, 6.45) is 3.72. The van der Waals surface area contributed by atoms with Crippen LogP contribution in [0.4, 0.5) is 0 Å². The van der Waals surface area contributed by atoms with Crippen LogP contribution in [0.2, 0.25) is 0 Å². The molecule has 0 spiro atoms. The van der Waals surface area contributed by atoms with E-state index in [-0.39, 0.29) is 12.5 Å². The van der Waals surface area contributed by atoms with Crippen LogP contribution in [0.1, 0.15) is 18.5 Å².